The molecule has 0 aromatic rings. The normalized spacial score (nSPS) is 18.9. The summed E-state index contributed by atoms with van der Waals surface area (Å²) in [5, 5.41) is 11.6. The molecule has 0 spiro atoms. The summed E-state index contributed by atoms with van der Waals surface area (Å²) in [5.74, 6) is 0.317. The summed E-state index contributed by atoms with van der Waals surface area (Å²) >= 11 is 1.35. The molecule has 2 N–H and O–H groups in total. The van der Waals surface area contributed by atoms with Crippen LogP contribution in [0.5, 0.6) is 0 Å². The first kappa shape index (κ1) is 19.3. The lowest BCUT2D eigenvalue weighted by Gasteiger charge is -2.17. The number of aliphatic carboxylic acids is 1. The second-order valence-electron chi connectivity index (χ2n) is 6.19. The monoisotopic (exact) mass is 329 g/mol. The van der Waals surface area contributed by atoms with Crippen molar-refractivity contribution in [2.24, 2.45) is 5.92 Å². The molecule has 0 heterocycles. The summed E-state index contributed by atoms with van der Waals surface area (Å²) in [7, 11) is 0. The molecule has 1 aliphatic rings. The van der Waals surface area contributed by atoms with E-state index in [1.54, 1.807) is 0 Å². The minimum atomic E-state index is -0.796. The number of hydrogen-bond donors (Lipinski definition) is 2. The minimum Gasteiger partial charge on any atom is -0.481 e. The molecule has 0 aromatic carbocycles. The average molecular weight is 330 g/mol. The zero-order valence-electron chi connectivity index (χ0n) is 13.6. The number of carboxylic acids is 1. The summed E-state index contributed by atoms with van der Waals surface area (Å²) in [6.07, 6.45) is 13.5. The van der Waals surface area contributed by atoms with Crippen LogP contribution in [0.25, 0.3) is 0 Å². The number of rotatable bonds is 6. The van der Waals surface area contributed by atoms with Crippen LogP contribution >= 0.6 is 11.8 Å². The largest absolute Gasteiger partial charge is 0.481 e. The molecule has 1 amide bonds. The Morgan fingerprint density at radius 3 is 1.91 bits per heavy atom. The maximum Gasteiger partial charge on any atom is 0.313 e. The molecule has 0 unspecified atom stereocenters. The van der Waals surface area contributed by atoms with Crippen LogP contribution in [0.15, 0.2) is 0 Å². The topological polar surface area (TPSA) is 66.4 Å². The second kappa shape index (κ2) is 12.8. The van der Waals surface area contributed by atoms with Crippen LogP contribution in [0, 0.1) is 5.92 Å². The van der Waals surface area contributed by atoms with Gasteiger partial charge in [-0.05, 0) is 12.8 Å². The van der Waals surface area contributed by atoms with Crippen LogP contribution in [-0.4, -0.2) is 35.0 Å². The summed E-state index contributed by atoms with van der Waals surface area (Å²) < 4.78 is 0. The number of carbonyl (C=O) groups excluding carboxylic acids is 1. The van der Waals surface area contributed by atoms with E-state index in [9.17, 15) is 9.59 Å². The molecule has 0 saturated heterocycles. The van der Waals surface area contributed by atoms with Crippen LogP contribution in [0.2, 0.25) is 0 Å². The molecule has 22 heavy (non-hydrogen) atoms. The van der Waals surface area contributed by atoms with Gasteiger partial charge in [-0.25, -0.2) is 0 Å². The molecule has 0 aromatic heterocycles. The van der Waals surface area contributed by atoms with Gasteiger partial charge in [0.2, 0.25) is 5.91 Å². The van der Waals surface area contributed by atoms with Gasteiger partial charge in [0.1, 0.15) is 0 Å². The van der Waals surface area contributed by atoms with Crippen molar-refractivity contribution in [1.82, 2.24) is 5.32 Å². The van der Waals surface area contributed by atoms with E-state index in [1.165, 1.54) is 56.7 Å². The fourth-order valence-corrected chi connectivity index (χ4v) is 3.54. The molecule has 0 aliphatic heterocycles. The van der Waals surface area contributed by atoms with E-state index in [-0.39, 0.29) is 17.6 Å². The number of carboxylic acid groups (broad SMARTS) is 1. The summed E-state index contributed by atoms with van der Waals surface area (Å²) in [5.41, 5.74) is 0. The van der Waals surface area contributed by atoms with Crippen molar-refractivity contribution in [2.45, 2.75) is 70.6 Å². The highest BCUT2D eigenvalue weighted by Crippen LogP contribution is 2.21. The van der Waals surface area contributed by atoms with Gasteiger partial charge in [-0.3, -0.25) is 9.59 Å². The van der Waals surface area contributed by atoms with Gasteiger partial charge in [-0.2, -0.15) is 0 Å². The van der Waals surface area contributed by atoms with Gasteiger partial charge in [0, 0.05) is 18.2 Å². The van der Waals surface area contributed by atoms with Gasteiger partial charge in [0.25, 0.3) is 0 Å². The highest BCUT2D eigenvalue weighted by molar-refractivity contribution is 7.99. The van der Waals surface area contributed by atoms with Crippen LogP contribution in [0.4, 0.5) is 0 Å². The van der Waals surface area contributed by atoms with Gasteiger partial charge in [0.15, 0.2) is 0 Å². The molecule has 0 radical (unpaired) electrons. The van der Waals surface area contributed by atoms with E-state index in [0.717, 1.165) is 25.7 Å². The standard InChI is InChI=1S/C17H31NO3S/c19-16(20)14-22-13-12-18-17(21)15-10-8-6-4-2-1-3-5-7-9-11-15/h15H,1-14H2,(H,18,21)(H,19,20). The van der Waals surface area contributed by atoms with Crippen molar-refractivity contribution in [3.8, 4) is 0 Å². The molecular formula is C17H31NO3S. The molecule has 1 saturated carbocycles. The molecule has 0 bridgehead atoms. The van der Waals surface area contributed by atoms with E-state index in [2.05, 4.69) is 5.32 Å². The van der Waals surface area contributed by atoms with Crippen molar-refractivity contribution in [3.63, 3.8) is 0 Å². The predicted octanol–water partition coefficient (Wildman–Crippen LogP) is 3.84. The number of thioether (sulfide) groups is 1. The third kappa shape index (κ3) is 10.1. The van der Waals surface area contributed by atoms with Gasteiger partial charge in [-0.15, -0.1) is 11.8 Å². The maximum atomic E-state index is 12.3. The van der Waals surface area contributed by atoms with Gasteiger partial charge < -0.3 is 10.4 Å². The Bertz CT molecular complexity index is 311. The van der Waals surface area contributed by atoms with Crippen molar-refractivity contribution in [3.05, 3.63) is 0 Å². The second-order valence-corrected chi connectivity index (χ2v) is 7.30. The molecular weight excluding hydrogens is 298 g/mol. The van der Waals surface area contributed by atoms with Crippen molar-refractivity contribution in [1.29, 1.82) is 0 Å². The third-order valence-corrected chi connectivity index (χ3v) is 5.19. The predicted molar refractivity (Wildman–Crippen MR) is 92.2 cm³/mol. The Morgan fingerprint density at radius 1 is 0.909 bits per heavy atom. The van der Waals surface area contributed by atoms with Crippen LogP contribution < -0.4 is 5.32 Å². The Balaban J connectivity index is 2.24. The maximum absolute atomic E-state index is 12.3. The zero-order valence-corrected chi connectivity index (χ0v) is 14.5. The zero-order chi connectivity index (χ0) is 16.0. The van der Waals surface area contributed by atoms with Gasteiger partial charge in [-0.1, -0.05) is 57.8 Å². The number of nitrogens with one attached hydrogen (secondary N) is 1. The average Bonchev–Trinajstić information content (AvgIpc) is 2.47. The lowest BCUT2D eigenvalue weighted by atomic mass is 9.92. The van der Waals surface area contributed by atoms with Crippen molar-refractivity contribution >= 4 is 23.6 Å². The van der Waals surface area contributed by atoms with E-state index >= 15 is 0 Å². The summed E-state index contributed by atoms with van der Waals surface area (Å²) in [4.78, 5) is 22.7. The first-order valence-corrected chi connectivity index (χ1v) is 9.93. The van der Waals surface area contributed by atoms with E-state index < -0.39 is 5.97 Å². The quantitative estimate of drug-likeness (QED) is 0.727. The molecule has 1 rings (SSSR count). The molecule has 1 fully saturated rings. The highest BCUT2D eigenvalue weighted by atomic mass is 32.2. The smallest absolute Gasteiger partial charge is 0.313 e. The van der Waals surface area contributed by atoms with Gasteiger partial charge >= 0.3 is 5.97 Å². The molecule has 128 valence electrons. The Morgan fingerprint density at radius 2 is 1.41 bits per heavy atom. The minimum absolute atomic E-state index is 0.110. The van der Waals surface area contributed by atoms with Crippen molar-refractivity contribution in [2.75, 3.05) is 18.1 Å². The molecule has 0 atom stereocenters. The van der Waals surface area contributed by atoms with Crippen molar-refractivity contribution < 1.29 is 14.7 Å². The van der Waals surface area contributed by atoms with Gasteiger partial charge in [0.05, 0.1) is 5.75 Å². The van der Waals surface area contributed by atoms with E-state index in [1.807, 2.05) is 0 Å². The third-order valence-electron chi connectivity index (χ3n) is 4.25. The highest BCUT2D eigenvalue weighted by Gasteiger charge is 2.17. The molecule has 1 aliphatic carbocycles. The molecule has 4 nitrogen and oxygen atoms in total. The fraction of sp³-hybridized carbons (Fsp3) is 0.882. The van der Waals surface area contributed by atoms with E-state index in [0.29, 0.717) is 12.3 Å². The number of hydrogen-bond acceptors (Lipinski definition) is 3. The lowest BCUT2D eigenvalue weighted by molar-refractivity contribution is -0.134. The molecule has 5 heteroatoms. The first-order chi connectivity index (χ1) is 10.7. The lowest BCUT2D eigenvalue weighted by Crippen LogP contribution is -2.32. The Labute approximate surface area is 138 Å². The van der Waals surface area contributed by atoms with E-state index in [4.69, 9.17) is 5.11 Å². The Hall–Kier alpha value is -0.710. The number of carbonyl (C=O) groups is 2. The van der Waals surface area contributed by atoms with Crippen LogP contribution in [0.3, 0.4) is 0 Å². The van der Waals surface area contributed by atoms with Crippen LogP contribution in [0.1, 0.15) is 70.6 Å². The summed E-state index contributed by atoms with van der Waals surface area (Å²) in [6, 6.07) is 0. The Kier molecular flexibility index (Phi) is 11.2. The first-order valence-electron chi connectivity index (χ1n) is 8.77. The SMILES string of the molecule is O=C(O)CSCCNC(=O)C1CCCCCCCCCCC1. The summed E-state index contributed by atoms with van der Waals surface area (Å²) in [6.45, 7) is 0.577. The van der Waals surface area contributed by atoms with Crippen LogP contribution in [-0.2, 0) is 9.59 Å². The fourth-order valence-electron chi connectivity index (χ4n) is 2.98. The number of amides is 1.